The van der Waals surface area contributed by atoms with Crippen LogP contribution in [0, 0.1) is 0 Å². The van der Waals surface area contributed by atoms with E-state index < -0.39 is 6.17 Å². The van der Waals surface area contributed by atoms with Crippen LogP contribution >= 0.6 is 0 Å². The highest BCUT2D eigenvalue weighted by Gasteiger charge is 2.07. The largest absolute Gasteiger partial charge is 0.493 e. The van der Waals surface area contributed by atoms with Gasteiger partial charge in [-0.3, -0.25) is 0 Å². The maximum absolute atomic E-state index is 14.0. The standard InChI is InChI=1S/C32H51FN2O/c1-3-5-7-9-10-11-12-13-15-16-18-28-26-34-32(35-27-28)29-20-22-31(23-21-29)36-25-24-30(33)19-17-14-8-6-4-2/h20-23,26-27,30H,3-19,24-25H2,1-2H3. The molecule has 2 rings (SSSR count). The monoisotopic (exact) mass is 498 g/mol. The number of ether oxygens (including phenoxy) is 1. The molecule has 36 heavy (non-hydrogen) atoms. The molecule has 0 N–H and O–H groups in total. The molecule has 0 fully saturated rings. The lowest BCUT2D eigenvalue weighted by Crippen LogP contribution is -2.07. The Bertz CT molecular complexity index is 763. The molecule has 2 aromatic rings. The van der Waals surface area contributed by atoms with Gasteiger partial charge in [0.15, 0.2) is 5.82 Å². The summed E-state index contributed by atoms with van der Waals surface area (Å²) in [4.78, 5) is 9.15. The zero-order valence-electron chi connectivity index (χ0n) is 23.2. The van der Waals surface area contributed by atoms with Crippen molar-refractivity contribution in [2.24, 2.45) is 0 Å². The van der Waals surface area contributed by atoms with Gasteiger partial charge in [-0.05, 0) is 49.1 Å². The van der Waals surface area contributed by atoms with Crippen LogP contribution in [0.5, 0.6) is 5.75 Å². The first-order chi connectivity index (χ1) is 17.7. The fraction of sp³-hybridized carbons (Fsp3) is 0.688. The molecule has 0 aliphatic carbocycles. The zero-order valence-corrected chi connectivity index (χ0v) is 23.2. The van der Waals surface area contributed by atoms with Crippen molar-refractivity contribution < 1.29 is 9.13 Å². The van der Waals surface area contributed by atoms with E-state index in [9.17, 15) is 4.39 Å². The van der Waals surface area contributed by atoms with Crippen LogP contribution in [0.4, 0.5) is 4.39 Å². The van der Waals surface area contributed by atoms with E-state index in [0.717, 1.165) is 36.4 Å². The number of rotatable bonds is 22. The summed E-state index contributed by atoms with van der Waals surface area (Å²) in [5, 5.41) is 0. The third kappa shape index (κ3) is 13.9. The summed E-state index contributed by atoms with van der Waals surface area (Å²) in [6.45, 7) is 4.89. The van der Waals surface area contributed by atoms with Gasteiger partial charge in [-0.2, -0.15) is 0 Å². The molecule has 0 saturated heterocycles. The van der Waals surface area contributed by atoms with Crippen molar-refractivity contribution in [2.75, 3.05) is 6.61 Å². The van der Waals surface area contributed by atoms with Gasteiger partial charge in [0.2, 0.25) is 0 Å². The molecule has 4 heteroatoms. The Morgan fingerprint density at radius 1 is 0.667 bits per heavy atom. The number of nitrogens with zero attached hydrogens (tertiary/aromatic N) is 2. The second-order valence-corrected chi connectivity index (χ2v) is 10.3. The Kier molecular flexibility index (Phi) is 16.9. The maximum Gasteiger partial charge on any atom is 0.159 e. The molecule has 0 spiro atoms. The van der Waals surface area contributed by atoms with Crippen LogP contribution in [0.1, 0.15) is 129 Å². The summed E-state index contributed by atoms with van der Waals surface area (Å²) >= 11 is 0. The number of halogens is 1. The Morgan fingerprint density at radius 3 is 1.78 bits per heavy atom. The van der Waals surface area contributed by atoms with Crippen LogP contribution in [0.15, 0.2) is 36.7 Å². The second-order valence-electron chi connectivity index (χ2n) is 10.3. The Labute approximate surface area is 220 Å². The van der Waals surface area contributed by atoms with Gasteiger partial charge in [-0.15, -0.1) is 0 Å². The quantitative estimate of drug-likeness (QED) is 0.151. The number of unbranched alkanes of at least 4 members (excludes halogenated alkanes) is 13. The van der Waals surface area contributed by atoms with E-state index in [-0.39, 0.29) is 0 Å². The summed E-state index contributed by atoms with van der Waals surface area (Å²) in [5.41, 5.74) is 2.19. The topological polar surface area (TPSA) is 35.0 Å². The van der Waals surface area contributed by atoms with Gasteiger partial charge in [0, 0.05) is 24.4 Å². The van der Waals surface area contributed by atoms with Crippen LogP contribution in [0.2, 0.25) is 0 Å². The van der Waals surface area contributed by atoms with Crippen molar-refractivity contribution in [1.82, 2.24) is 9.97 Å². The fourth-order valence-corrected chi connectivity index (χ4v) is 4.57. The molecular weight excluding hydrogens is 447 g/mol. The van der Waals surface area contributed by atoms with E-state index in [4.69, 9.17) is 4.74 Å². The first-order valence-electron chi connectivity index (χ1n) is 14.9. The van der Waals surface area contributed by atoms with Crippen LogP contribution in [-0.4, -0.2) is 22.7 Å². The molecule has 0 aliphatic heterocycles. The molecule has 3 nitrogen and oxygen atoms in total. The van der Waals surface area contributed by atoms with Crippen LogP contribution in [0.25, 0.3) is 11.4 Å². The van der Waals surface area contributed by atoms with Crippen molar-refractivity contribution in [3.8, 4) is 17.1 Å². The van der Waals surface area contributed by atoms with Gasteiger partial charge >= 0.3 is 0 Å². The van der Waals surface area contributed by atoms with E-state index in [1.807, 2.05) is 36.7 Å². The minimum atomic E-state index is -0.766. The van der Waals surface area contributed by atoms with Crippen molar-refractivity contribution in [3.05, 3.63) is 42.2 Å². The average molecular weight is 499 g/mol. The number of alkyl halides is 1. The van der Waals surface area contributed by atoms with Gasteiger partial charge in [-0.25, -0.2) is 14.4 Å². The Morgan fingerprint density at radius 2 is 1.19 bits per heavy atom. The molecule has 0 aliphatic rings. The molecule has 202 valence electrons. The molecule has 1 aromatic carbocycles. The summed E-state index contributed by atoms with van der Waals surface area (Å²) in [6, 6.07) is 7.81. The number of benzene rings is 1. The first-order valence-corrected chi connectivity index (χ1v) is 14.9. The molecule has 0 radical (unpaired) electrons. The number of hydrogen-bond donors (Lipinski definition) is 0. The lowest BCUT2D eigenvalue weighted by Gasteiger charge is -2.10. The van der Waals surface area contributed by atoms with Crippen molar-refractivity contribution in [3.63, 3.8) is 0 Å². The minimum absolute atomic E-state index is 0.416. The molecule has 0 bridgehead atoms. The second kappa shape index (κ2) is 20.1. The van der Waals surface area contributed by atoms with E-state index in [0.29, 0.717) is 19.4 Å². The zero-order chi connectivity index (χ0) is 25.7. The number of hydrogen-bond acceptors (Lipinski definition) is 3. The summed E-state index contributed by atoms with van der Waals surface area (Å²) in [7, 11) is 0. The molecule has 0 amide bonds. The lowest BCUT2D eigenvalue weighted by molar-refractivity contribution is 0.222. The van der Waals surface area contributed by atoms with Gasteiger partial charge < -0.3 is 4.74 Å². The SMILES string of the molecule is CCCCCCCCCCCCc1cnc(-c2ccc(OCCC(F)CCCCCCC)cc2)nc1. The highest BCUT2D eigenvalue weighted by molar-refractivity contribution is 5.55. The Balaban J connectivity index is 1.58. The van der Waals surface area contributed by atoms with Crippen molar-refractivity contribution in [2.45, 2.75) is 136 Å². The molecule has 1 unspecified atom stereocenters. The predicted octanol–water partition coefficient (Wildman–Crippen LogP) is 10.1. The predicted molar refractivity (Wildman–Crippen MR) is 151 cm³/mol. The van der Waals surface area contributed by atoms with Crippen LogP contribution in [-0.2, 0) is 6.42 Å². The van der Waals surface area contributed by atoms with Gasteiger partial charge in [0.05, 0.1) is 6.61 Å². The highest BCUT2D eigenvalue weighted by atomic mass is 19.1. The Hall–Kier alpha value is -1.97. The number of aromatic nitrogens is 2. The minimum Gasteiger partial charge on any atom is -0.493 e. The maximum atomic E-state index is 14.0. The molecule has 1 aromatic heterocycles. The normalized spacial score (nSPS) is 12.1. The molecular formula is C32H51FN2O. The van der Waals surface area contributed by atoms with Crippen LogP contribution < -0.4 is 4.74 Å². The average Bonchev–Trinajstić information content (AvgIpc) is 2.90. The van der Waals surface area contributed by atoms with E-state index in [2.05, 4.69) is 23.8 Å². The van der Waals surface area contributed by atoms with Gasteiger partial charge in [0.1, 0.15) is 11.9 Å². The molecule has 1 heterocycles. The van der Waals surface area contributed by atoms with Gasteiger partial charge in [0.25, 0.3) is 0 Å². The van der Waals surface area contributed by atoms with E-state index in [1.165, 1.54) is 89.0 Å². The fourth-order valence-electron chi connectivity index (χ4n) is 4.57. The smallest absolute Gasteiger partial charge is 0.159 e. The van der Waals surface area contributed by atoms with Crippen LogP contribution in [0.3, 0.4) is 0 Å². The van der Waals surface area contributed by atoms with E-state index >= 15 is 0 Å². The lowest BCUT2D eigenvalue weighted by atomic mass is 10.0. The number of aryl methyl sites for hydroxylation is 1. The summed E-state index contributed by atoms with van der Waals surface area (Å²) < 4.78 is 19.8. The summed E-state index contributed by atoms with van der Waals surface area (Å²) in [6.07, 6.45) is 24.7. The molecule has 0 saturated carbocycles. The summed E-state index contributed by atoms with van der Waals surface area (Å²) in [5.74, 6) is 1.51. The van der Waals surface area contributed by atoms with Gasteiger partial charge in [-0.1, -0.05) is 104 Å². The van der Waals surface area contributed by atoms with Crippen molar-refractivity contribution >= 4 is 0 Å². The van der Waals surface area contributed by atoms with Crippen molar-refractivity contribution in [1.29, 1.82) is 0 Å². The molecule has 1 atom stereocenters. The highest BCUT2D eigenvalue weighted by Crippen LogP contribution is 2.21. The van der Waals surface area contributed by atoms with E-state index in [1.54, 1.807) is 0 Å². The third-order valence-corrected chi connectivity index (χ3v) is 6.96. The first kappa shape index (κ1) is 30.3. The third-order valence-electron chi connectivity index (χ3n) is 6.96.